The monoisotopic (exact) mass is 399 g/mol. The van der Waals surface area contributed by atoms with E-state index < -0.39 is 0 Å². The van der Waals surface area contributed by atoms with Gasteiger partial charge < -0.3 is 14.7 Å². The topological polar surface area (TPSA) is 49.8 Å². The van der Waals surface area contributed by atoms with Crippen LogP contribution in [0, 0.1) is 5.92 Å². The van der Waals surface area contributed by atoms with Crippen LogP contribution in [0.3, 0.4) is 0 Å². The average Bonchev–Trinajstić information content (AvgIpc) is 2.92. The number of nitrogens with zero attached hydrogens (tertiary/aromatic N) is 1. The lowest BCUT2D eigenvalue weighted by Gasteiger charge is -2.33. The van der Waals surface area contributed by atoms with E-state index >= 15 is 0 Å². The molecule has 1 atom stereocenters. The Bertz CT molecular complexity index is 633. The maximum absolute atomic E-state index is 12.9. The summed E-state index contributed by atoms with van der Waals surface area (Å²) in [7, 11) is 0. The molecule has 1 aromatic carbocycles. The molecule has 2 fully saturated rings. The van der Waals surface area contributed by atoms with Crippen LogP contribution in [-0.4, -0.2) is 40.7 Å². The zero-order valence-corrected chi connectivity index (χ0v) is 16.9. The summed E-state index contributed by atoms with van der Waals surface area (Å²) in [6.45, 7) is 4.69. The van der Waals surface area contributed by atoms with E-state index in [1.54, 1.807) is 12.1 Å². The van der Waals surface area contributed by atoms with Crippen LogP contribution in [0.5, 0.6) is 5.75 Å². The van der Waals surface area contributed by atoms with Crippen LogP contribution in [0.2, 0.25) is 10.0 Å². The molecule has 0 aromatic heterocycles. The summed E-state index contributed by atoms with van der Waals surface area (Å²) in [5.41, 5.74) is 0.823. The average molecular weight is 400 g/mol. The molecule has 1 unspecified atom stereocenters. The first-order chi connectivity index (χ1) is 12.3. The highest BCUT2D eigenvalue weighted by Crippen LogP contribution is 2.36. The van der Waals surface area contributed by atoms with Gasteiger partial charge in [-0.1, -0.05) is 23.2 Å². The molecule has 1 aliphatic heterocycles. The molecule has 0 bridgehead atoms. The number of amides is 1. The van der Waals surface area contributed by atoms with Crippen molar-refractivity contribution in [2.45, 2.75) is 70.6 Å². The summed E-state index contributed by atoms with van der Waals surface area (Å²) in [5, 5.41) is 10.8. The first kappa shape index (κ1) is 19.8. The molecule has 1 amide bonds. The Labute approximate surface area is 165 Å². The van der Waals surface area contributed by atoms with Crippen molar-refractivity contribution in [2.24, 2.45) is 5.92 Å². The predicted molar refractivity (Wildman–Crippen MR) is 104 cm³/mol. The number of hydrogen-bond donors (Lipinski definition) is 1. The third kappa shape index (κ3) is 4.47. The summed E-state index contributed by atoms with van der Waals surface area (Å²) in [6.07, 6.45) is 4.59. The van der Waals surface area contributed by atoms with Crippen molar-refractivity contribution in [3.05, 3.63) is 27.7 Å². The van der Waals surface area contributed by atoms with Crippen LogP contribution in [0.4, 0.5) is 0 Å². The fourth-order valence-electron chi connectivity index (χ4n) is 4.05. The van der Waals surface area contributed by atoms with Crippen molar-refractivity contribution >= 4 is 29.1 Å². The number of hydrogen-bond acceptors (Lipinski definition) is 3. The molecule has 0 radical (unpaired) electrons. The number of aliphatic hydroxyl groups is 1. The Balaban J connectivity index is 1.67. The number of rotatable bonds is 5. The number of aliphatic hydroxyl groups excluding tert-OH is 1. The Morgan fingerprint density at radius 2 is 1.77 bits per heavy atom. The molecule has 2 aliphatic rings. The van der Waals surface area contributed by atoms with Gasteiger partial charge in [0.2, 0.25) is 5.91 Å². The maximum Gasteiger partial charge on any atom is 0.226 e. The number of benzene rings is 1. The number of ether oxygens (including phenoxy) is 1. The lowest BCUT2D eigenvalue weighted by atomic mass is 9.92. The second-order valence-electron chi connectivity index (χ2n) is 7.72. The molecule has 1 saturated carbocycles. The van der Waals surface area contributed by atoms with Gasteiger partial charge in [0.1, 0.15) is 5.75 Å². The van der Waals surface area contributed by atoms with E-state index in [4.69, 9.17) is 27.9 Å². The second-order valence-corrected chi connectivity index (χ2v) is 8.53. The van der Waals surface area contributed by atoms with E-state index in [2.05, 4.69) is 0 Å². The summed E-state index contributed by atoms with van der Waals surface area (Å²) >= 11 is 12.9. The van der Waals surface area contributed by atoms with Gasteiger partial charge >= 0.3 is 0 Å². The van der Waals surface area contributed by atoms with Crippen molar-refractivity contribution in [3.63, 3.8) is 0 Å². The quantitative estimate of drug-likeness (QED) is 0.793. The minimum atomic E-state index is -0.205. The minimum absolute atomic E-state index is 0.0481. The van der Waals surface area contributed by atoms with Crippen LogP contribution >= 0.6 is 23.2 Å². The van der Waals surface area contributed by atoms with Crippen LogP contribution in [0.1, 0.15) is 51.5 Å². The van der Waals surface area contributed by atoms with Gasteiger partial charge in [-0.2, -0.15) is 0 Å². The van der Waals surface area contributed by atoms with E-state index in [1.165, 1.54) is 0 Å². The first-order valence-electron chi connectivity index (χ1n) is 9.48. The van der Waals surface area contributed by atoms with Crippen LogP contribution < -0.4 is 4.74 Å². The Kier molecular flexibility index (Phi) is 6.37. The lowest BCUT2D eigenvalue weighted by molar-refractivity contribution is -0.133. The molecule has 1 N–H and O–H groups in total. The third-order valence-corrected chi connectivity index (χ3v) is 6.07. The van der Waals surface area contributed by atoms with E-state index in [1.807, 2.05) is 18.7 Å². The van der Waals surface area contributed by atoms with Gasteiger partial charge in [0.15, 0.2) is 0 Å². The highest BCUT2D eigenvalue weighted by atomic mass is 35.5. The van der Waals surface area contributed by atoms with Gasteiger partial charge in [-0.15, -0.1) is 0 Å². The maximum atomic E-state index is 12.9. The van der Waals surface area contributed by atoms with Crippen LogP contribution in [-0.2, 0) is 11.2 Å². The van der Waals surface area contributed by atoms with Gasteiger partial charge in [-0.05, 0) is 70.1 Å². The van der Waals surface area contributed by atoms with Crippen molar-refractivity contribution in [2.75, 3.05) is 6.54 Å². The summed E-state index contributed by atoms with van der Waals surface area (Å²) < 4.78 is 5.66. The van der Waals surface area contributed by atoms with E-state index in [9.17, 15) is 9.90 Å². The van der Waals surface area contributed by atoms with Gasteiger partial charge in [0, 0.05) is 28.5 Å². The number of halogens is 2. The number of likely N-dealkylation sites (tertiary alicyclic amines) is 1. The van der Waals surface area contributed by atoms with Crippen molar-refractivity contribution in [1.82, 2.24) is 4.90 Å². The molecular formula is C20H27Cl2NO3. The van der Waals surface area contributed by atoms with E-state index in [-0.39, 0.29) is 30.1 Å². The second kappa shape index (κ2) is 8.37. The molecule has 4 nitrogen and oxygen atoms in total. The fraction of sp³-hybridized carbons (Fsp3) is 0.650. The van der Waals surface area contributed by atoms with Gasteiger partial charge in [-0.3, -0.25) is 4.79 Å². The van der Waals surface area contributed by atoms with E-state index in [0.29, 0.717) is 22.2 Å². The van der Waals surface area contributed by atoms with Crippen molar-refractivity contribution in [3.8, 4) is 5.75 Å². The standard InChI is InChI=1S/C20H27Cl2NO3/c1-12(2)26-16-10-18(21)17(19(22)11-16)9-13-7-8-23(20(13)25)14-3-5-15(24)6-4-14/h10-15,24H,3-9H2,1-2H3/t13?,14-,15+. The zero-order valence-electron chi connectivity index (χ0n) is 15.4. The molecule has 3 rings (SSSR count). The van der Waals surface area contributed by atoms with Crippen LogP contribution in [0.15, 0.2) is 12.1 Å². The smallest absolute Gasteiger partial charge is 0.226 e. The molecule has 1 aromatic rings. The lowest BCUT2D eigenvalue weighted by Crippen LogP contribution is -2.41. The summed E-state index contributed by atoms with van der Waals surface area (Å²) in [4.78, 5) is 14.9. The normalized spacial score (nSPS) is 26.6. The minimum Gasteiger partial charge on any atom is -0.491 e. The molecular weight excluding hydrogens is 373 g/mol. The third-order valence-electron chi connectivity index (χ3n) is 5.39. The molecule has 1 heterocycles. The zero-order chi connectivity index (χ0) is 18.8. The SMILES string of the molecule is CC(C)Oc1cc(Cl)c(CC2CCN([C@H]3CC[C@@H](O)CC3)C2=O)c(Cl)c1. The summed E-state index contributed by atoms with van der Waals surface area (Å²) in [6, 6.07) is 3.83. The highest BCUT2D eigenvalue weighted by molar-refractivity contribution is 6.36. The highest BCUT2D eigenvalue weighted by Gasteiger charge is 2.37. The van der Waals surface area contributed by atoms with Crippen LogP contribution in [0.25, 0.3) is 0 Å². The molecule has 6 heteroatoms. The van der Waals surface area contributed by atoms with E-state index in [0.717, 1.165) is 44.2 Å². The Morgan fingerprint density at radius 3 is 2.35 bits per heavy atom. The molecule has 0 spiro atoms. The van der Waals surface area contributed by atoms with Gasteiger partial charge in [0.05, 0.1) is 12.2 Å². The van der Waals surface area contributed by atoms with Gasteiger partial charge in [0.25, 0.3) is 0 Å². The largest absolute Gasteiger partial charge is 0.491 e. The number of carbonyl (C=O) groups is 1. The first-order valence-corrected chi connectivity index (χ1v) is 10.2. The van der Waals surface area contributed by atoms with Crippen molar-refractivity contribution < 1.29 is 14.6 Å². The molecule has 26 heavy (non-hydrogen) atoms. The molecule has 1 saturated heterocycles. The molecule has 144 valence electrons. The number of carbonyl (C=O) groups excluding carboxylic acids is 1. The Morgan fingerprint density at radius 1 is 1.15 bits per heavy atom. The Hall–Kier alpha value is -0.970. The summed E-state index contributed by atoms with van der Waals surface area (Å²) in [5.74, 6) is 0.772. The predicted octanol–water partition coefficient (Wildman–Crippen LogP) is 4.48. The molecule has 1 aliphatic carbocycles. The fourth-order valence-corrected chi connectivity index (χ4v) is 4.67. The van der Waals surface area contributed by atoms with Crippen molar-refractivity contribution in [1.29, 1.82) is 0 Å². The van der Waals surface area contributed by atoms with Gasteiger partial charge in [-0.25, -0.2) is 0 Å².